The highest BCUT2D eigenvalue weighted by Gasteiger charge is 1.82. The molecule has 0 spiro atoms. The fraction of sp³-hybridized carbons (Fsp3) is 0.333. The second-order valence-electron chi connectivity index (χ2n) is 1.24. The zero-order chi connectivity index (χ0) is 7.98. The van der Waals surface area contributed by atoms with Crippen molar-refractivity contribution in [1.82, 2.24) is 9.97 Å². The number of hydrogen-bond acceptors (Lipinski definition) is 2. The molecule has 1 aromatic heterocycles. The first-order valence-corrected chi connectivity index (χ1v) is 3.78. The van der Waals surface area contributed by atoms with E-state index in [1.165, 1.54) is 12.4 Å². The Morgan fingerprint density at radius 2 is 2.20 bits per heavy atom. The molecular weight excluding hydrogens is 196 g/mol. The third-order valence-corrected chi connectivity index (χ3v) is 1.07. The largest absolute Gasteiger partial charge is 0.344 e. The summed E-state index contributed by atoms with van der Waals surface area (Å²) in [7, 11) is 0. The second kappa shape index (κ2) is 5.17. The predicted octanol–water partition coefficient (Wildman–Crippen LogP) is 1.56. The number of halogens is 1. The van der Waals surface area contributed by atoms with Crippen molar-refractivity contribution in [1.29, 1.82) is 0 Å². The summed E-state index contributed by atoms with van der Waals surface area (Å²) in [5, 5.41) is 0. The molecule has 0 aliphatic heterocycles. The molecule has 0 radical (unpaired) electrons. The monoisotopic (exact) mass is 204 g/mol. The fourth-order valence-corrected chi connectivity index (χ4v) is 0.542. The molecule has 0 aliphatic rings. The summed E-state index contributed by atoms with van der Waals surface area (Å²) >= 11 is 3.11. The van der Waals surface area contributed by atoms with E-state index in [0.29, 0.717) is 0 Å². The SMILES string of the molecule is CC.O=c1ncc(Br)c[nH]1. The van der Waals surface area contributed by atoms with Gasteiger partial charge in [0.1, 0.15) is 0 Å². The molecule has 0 saturated heterocycles. The molecule has 1 aromatic rings. The van der Waals surface area contributed by atoms with Crippen LogP contribution in [0.3, 0.4) is 0 Å². The Bertz CT molecular complexity index is 213. The van der Waals surface area contributed by atoms with Crippen molar-refractivity contribution in [2.75, 3.05) is 0 Å². The first-order chi connectivity index (χ1) is 4.79. The third-order valence-electron chi connectivity index (χ3n) is 0.639. The Labute approximate surface area is 67.6 Å². The van der Waals surface area contributed by atoms with Gasteiger partial charge in [-0.3, -0.25) is 0 Å². The highest BCUT2D eigenvalue weighted by Crippen LogP contribution is 1.99. The maximum absolute atomic E-state index is 10.2. The minimum absolute atomic E-state index is 0.326. The van der Waals surface area contributed by atoms with Gasteiger partial charge in [0.05, 0.1) is 4.47 Å². The molecule has 0 amide bonds. The van der Waals surface area contributed by atoms with E-state index < -0.39 is 0 Å². The van der Waals surface area contributed by atoms with Crippen LogP contribution in [0, 0.1) is 0 Å². The number of aromatic amines is 1. The molecule has 10 heavy (non-hydrogen) atoms. The minimum Gasteiger partial charge on any atom is -0.312 e. The Balaban J connectivity index is 0.000000371. The number of nitrogens with zero attached hydrogens (tertiary/aromatic N) is 1. The van der Waals surface area contributed by atoms with Gasteiger partial charge in [0, 0.05) is 12.4 Å². The van der Waals surface area contributed by atoms with E-state index in [1.807, 2.05) is 13.8 Å². The lowest BCUT2D eigenvalue weighted by atomic mass is 10.7. The van der Waals surface area contributed by atoms with Crippen LogP contribution in [-0.2, 0) is 0 Å². The van der Waals surface area contributed by atoms with E-state index in [1.54, 1.807) is 0 Å². The van der Waals surface area contributed by atoms with Gasteiger partial charge in [-0.25, -0.2) is 9.78 Å². The average molecular weight is 205 g/mol. The molecule has 0 unspecified atom stereocenters. The van der Waals surface area contributed by atoms with Gasteiger partial charge in [0.2, 0.25) is 0 Å². The normalized spacial score (nSPS) is 7.90. The third kappa shape index (κ3) is 3.40. The molecule has 0 saturated carbocycles. The van der Waals surface area contributed by atoms with Crippen molar-refractivity contribution >= 4 is 15.9 Å². The van der Waals surface area contributed by atoms with E-state index in [-0.39, 0.29) is 5.69 Å². The maximum atomic E-state index is 10.2. The first kappa shape index (κ1) is 9.36. The van der Waals surface area contributed by atoms with Crippen LogP contribution < -0.4 is 5.69 Å². The molecule has 0 atom stereocenters. The topological polar surface area (TPSA) is 45.8 Å². The summed E-state index contributed by atoms with van der Waals surface area (Å²) in [6.45, 7) is 4.00. The van der Waals surface area contributed by atoms with Crippen LogP contribution in [0.15, 0.2) is 21.7 Å². The van der Waals surface area contributed by atoms with E-state index in [2.05, 4.69) is 25.9 Å². The molecule has 1 N–H and O–H groups in total. The molecule has 0 aliphatic carbocycles. The van der Waals surface area contributed by atoms with Gasteiger partial charge in [-0.15, -0.1) is 0 Å². The number of rotatable bonds is 0. The lowest BCUT2D eigenvalue weighted by Crippen LogP contribution is -2.06. The summed E-state index contributed by atoms with van der Waals surface area (Å²) in [4.78, 5) is 16.0. The molecule has 0 aromatic carbocycles. The first-order valence-electron chi connectivity index (χ1n) is 2.99. The van der Waals surface area contributed by atoms with Crippen molar-refractivity contribution in [2.45, 2.75) is 13.8 Å². The summed E-state index contributed by atoms with van der Waals surface area (Å²) in [6, 6.07) is 0. The van der Waals surface area contributed by atoms with Crippen molar-refractivity contribution in [3.05, 3.63) is 27.4 Å². The van der Waals surface area contributed by atoms with Gasteiger partial charge >= 0.3 is 5.69 Å². The zero-order valence-corrected chi connectivity index (χ0v) is 7.47. The van der Waals surface area contributed by atoms with Gasteiger partial charge in [-0.05, 0) is 15.9 Å². The van der Waals surface area contributed by atoms with E-state index in [4.69, 9.17) is 0 Å². The molecule has 56 valence electrons. The Kier molecular flexibility index (Phi) is 4.84. The molecule has 3 nitrogen and oxygen atoms in total. The quantitative estimate of drug-likeness (QED) is 0.698. The van der Waals surface area contributed by atoms with Crippen molar-refractivity contribution in [3.63, 3.8) is 0 Å². The van der Waals surface area contributed by atoms with E-state index in [9.17, 15) is 4.79 Å². The molecule has 0 bridgehead atoms. The van der Waals surface area contributed by atoms with Crippen molar-refractivity contribution in [3.8, 4) is 0 Å². The van der Waals surface area contributed by atoms with Crippen molar-refractivity contribution in [2.24, 2.45) is 0 Å². The van der Waals surface area contributed by atoms with Crippen LogP contribution in [0.2, 0.25) is 0 Å². The predicted molar refractivity (Wildman–Crippen MR) is 43.9 cm³/mol. The summed E-state index contributed by atoms with van der Waals surface area (Å²) < 4.78 is 0.775. The van der Waals surface area contributed by atoms with Crippen LogP contribution in [0.5, 0.6) is 0 Å². The minimum atomic E-state index is -0.326. The lowest BCUT2D eigenvalue weighted by molar-refractivity contribution is 1.06. The van der Waals surface area contributed by atoms with Crippen LogP contribution >= 0.6 is 15.9 Å². The highest BCUT2D eigenvalue weighted by atomic mass is 79.9. The van der Waals surface area contributed by atoms with E-state index >= 15 is 0 Å². The molecule has 1 rings (SSSR count). The highest BCUT2D eigenvalue weighted by molar-refractivity contribution is 9.10. The fourth-order valence-electron chi connectivity index (χ4n) is 0.326. The summed E-state index contributed by atoms with van der Waals surface area (Å²) in [5.74, 6) is 0. The van der Waals surface area contributed by atoms with Gasteiger partial charge in [0.25, 0.3) is 0 Å². The van der Waals surface area contributed by atoms with Crippen LogP contribution in [-0.4, -0.2) is 9.97 Å². The standard InChI is InChI=1S/C4H3BrN2O.C2H6/c5-3-1-6-4(8)7-2-3;1-2/h1-2H,(H,6,7,8);1-2H3. The smallest absolute Gasteiger partial charge is 0.312 e. The van der Waals surface area contributed by atoms with Gasteiger partial charge in [0.15, 0.2) is 0 Å². The molecule has 1 heterocycles. The zero-order valence-electron chi connectivity index (χ0n) is 5.89. The second-order valence-corrected chi connectivity index (χ2v) is 2.15. The Morgan fingerprint density at radius 3 is 2.50 bits per heavy atom. The number of hydrogen-bond donors (Lipinski definition) is 1. The van der Waals surface area contributed by atoms with Crippen LogP contribution in [0.1, 0.15) is 13.8 Å². The maximum Gasteiger partial charge on any atom is 0.344 e. The van der Waals surface area contributed by atoms with Crippen LogP contribution in [0.4, 0.5) is 0 Å². The number of H-pyrrole nitrogens is 1. The summed E-state index contributed by atoms with van der Waals surface area (Å²) in [6.07, 6.45) is 2.98. The average Bonchev–Trinajstić information content (AvgIpc) is 2.00. The molecular formula is C6H9BrN2O. The Hall–Kier alpha value is -0.640. The molecule has 0 fully saturated rings. The van der Waals surface area contributed by atoms with E-state index in [0.717, 1.165) is 4.47 Å². The van der Waals surface area contributed by atoms with Gasteiger partial charge in [-0.1, -0.05) is 13.8 Å². The lowest BCUT2D eigenvalue weighted by Gasteiger charge is -1.81. The molecule has 4 heteroatoms. The Morgan fingerprint density at radius 1 is 1.60 bits per heavy atom. The van der Waals surface area contributed by atoms with Crippen LogP contribution in [0.25, 0.3) is 0 Å². The number of aromatic nitrogens is 2. The summed E-state index contributed by atoms with van der Waals surface area (Å²) in [5.41, 5.74) is -0.326. The van der Waals surface area contributed by atoms with Gasteiger partial charge in [-0.2, -0.15) is 0 Å². The number of nitrogens with one attached hydrogen (secondary N) is 1. The van der Waals surface area contributed by atoms with Gasteiger partial charge < -0.3 is 4.98 Å². The van der Waals surface area contributed by atoms with Crippen molar-refractivity contribution < 1.29 is 0 Å².